The van der Waals surface area contributed by atoms with Crippen molar-refractivity contribution >= 4 is 11.9 Å². The van der Waals surface area contributed by atoms with Crippen LogP contribution in [0.5, 0.6) is 0 Å². The number of nitrogens with zero attached hydrogens (tertiary/aromatic N) is 2. The van der Waals surface area contributed by atoms with Gasteiger partial charge in [0.2, 0.25) is 5.79 Å². The van der Waals surface area contributed by atoms with Gasteiger partial charge in [-0.3, -0.25) is 9.69 Å². The van der Waals surface area contributed by atoms with Crippen LogP contribution in [0.15, 0.2) is 30.3 Å². The molecule has 0 bridgehead atoms. The number of ether oxygens (including phenoxy) is 2. The summed E-state index contributed by atoms with van der Waals surface area (Å²) in [7, 11) is 1.62. The third-order valence-electron chi connectivity index (χ3n) is 4.07. The van der Waals surface area contributed by atoms with Gasteiger partial charge in [-0.15, -0.1) is 0 Å². The molecule has 6 nitrogen and oxygen atoms in total. The maximum absolute atomic E-state index is 12.2. The number of carbonyl (C=O) groups excluding carboxylic acids is 2. The number of urea groups is 1. The zero-order chi connectivity index (χ0) is 15.0. The fourth-order valence-corrected chi connectivity index (χ4v) is 2.69. The summed E-state index contributed by atoms with van der Waals surface area (Å²) < 4.78 is 11.5. The van der Waals surface area contributed by atoms with Gasteiger partial charge in [0.1, 0.15) is 6.04 Å². The van der Waals surface area contributed by atoms with Crippen LogP contribution < -0.4 is 0 Å². The molecule has 0 radical (unpaired) electrons. The van der Waals surface area contributed by atoms with E-state index in [0.717, 1.165) is 5.56 Å². The highest BCUT2D eigenvalue weighted by molar-refractivity contribution is 6.03. The van der Waals surface area contributed by atoms with Crippen LogP contribution >= 0.6 is 0 Å². The fourth-order valence-electron chi connectivity index (χ4n) is 2.69. The van der Waals surface area contributed by atoms with Crippen molar-refractivity contribution in [1.29, 1.82) is 0 Å². The standard InChI is InChI=1S/C15H18N2O4/c1-11-13(18)17(14(19)16(11)2)10-15(20-8-9-21-15)12-6-4-3-5-7-12/h3-7,11H,8-10H2,1-2H3. The van der Waals surface area contributed by atoms with Crippen LogP contribution in [-0.4, -0.2) is 54.6 Å². The Morgan fingerprint density at radius 3 is 2.33 bits per heavy atom. The average Bonchev–Trinajstić information content (AvgIpc) is 3.06. The Morgan fingerprint density at radius 2 is 1.81 bits per heavy atom. The monoisotopic (exact) mass is 290 g/mol. The number of imide groups is 1. The molecule has 3 rings (SSSR count). The molecule has 21 heavy (non-hydrogen) atoms. The molecular formula is C15H18N2O4. The quantitative estimate of drug-likeness (QED) is 0.784. The Hall–Kier alpha value is -1.92. The summed E-state index contributed by atoms with van der Waals surface area (Å²) in [5.41, 5.74) is 0.810. The molecule has 2 heterocycles. The summed E-state index contributed by atoms with van der Waals surface area (Å²) >= 11 is 0. The van der Waals surface area contributed by atoms with Gasteiger partial charge in [-0.1, -0.05) is 30.3 Å². The van der Waals surface area contributed by atoms with E-state index in [-0.39, 0.29) is 18.5 Å². The van der Waals surface area contributed by atoms with Gasteiger partial charge in [0.05, 0.1) is 19.8 Å². The Morgan fingerprint density at radius 1 is 1.19 bits per heavy atom. The second-order valence-corrected chi connectivity index (χ2v) is 5.31. The van der Waals surface area contributed by atoms with Crippen LogP contribution in [0.2, 0.25) is 0 Å². The predicted octanol–water partition coefficient (Wildman–Crippen LogP) is 1.17. The second kappa shape index (κ2) is 5.13. The summed E-state index contributed by atoms with van der Waals surface area (Å²) in [6.07, 6.45) is 0. The van der Waals surface area contributed by atoms with Crippen LogP contribution in [0.3, 0.4) is 0 Å². The molecule has 0 spiro atoms. The first-order chi connectivity index (χ1) is 10.1. The van der Waals surface area contributed by atoms with Crippen LogP contribution in [0.1, 0.15) is 12.5 Å². The molecule has 0 saturated carbocycles. The van der Waals surface area contributed by atoms with Crippen molar-refractivity contribution in [3.05, 3.63) is 35.9 Å². The molecule has 2 aliphatic heterocycles. The highest BCUT2D eigenvalue weighted by Gasteiger charge is 2.48. The Kier molecular flexibility index (Phi) is 3.43. The highest BCUT2D eigenvalue weighted by atomic mass is 16.7. The van der Waals surface area contributed by atoms with E-state index in [1.165, 1.54) is 9.80 Å². The SMILES string of the molecule is CC1C(=O)N(CC2(c3ccccc3)OCCO2)C(=O)N1C. The molecule has 2 aliphatic rings. The lowest BCUT2D eigenvalue weighted by Gasteiger charge is -2.31. The van der Waals surface area contributed by atoms with E-state index < -0.39 is 11.8 Å². The Bertz CT molecular complexity index is 534. The zero-order valence-electron chi connectivity index (χ0n) is 12.1. The molecule has 1 aromatic carbocycles. The van der Waals surface area contributed by atoms with Gasteiger partial charge in [0.25, 0.3) is 5.91 Å². The summed E-state index contributed by atoms with van der Waals surface area (Å²) in [6, 6.07) is 8.64. The number of hydrogen-bond donors (Lipinski definition) is 0. The van der Waals surface area contributed by atoms with E-state index in [1.807, 2.05) is 30.3 Å². The van der Waals surface area contributed by atoms with Crippen LogP contribution in [0, 0.1) is 0 Å². The van der Waals surface area contributed by atoms with Crippen molar-refractivity contribution in [2.45, 2.75) is 18.8 Å². The number of benzene rings is 1. The Balaban J connectivity index is 1.90. The number of likely N-dealkylation sites (N-methyl/N-ethyl adjacent to an activating group) is 1. The third-order valence-corrected chi connectivity index (χ3v) is 4.07. The number of hydrogen-bond acceptors (Lipinski definition) is 4. The van der Waals surface area contributed by atoms with Crippen LogP contribution in [0.4, 0.5) is 4.79 Å². The minimum atomic E-state index is -1.06. The smallest absolute Gasteiger partial charge is 0.327 e. The molecule has 0 aliphatic carbocycles. The fraction of sp³-hybridized carbons (Fsp3) is 0.467. The lowest BCUT2D eigenvalue weighted by molar-refractivity contribution is -0.177. The lowest BCUT2D eigenvalue weighted by Crippen LogP contribution is -2.45. The summed E-state index contributed by atoms with van der Waals surface area (Å²) in [6.45, 7) is 2.67. The van der Waals surface area contributed by atoms with Gasteiger partial charge in [-0.05, 0) is 6.92 Å². The van der Waals surface area contributed by atoms with Crippen molar-refractivity contribution in [3.8, 4) is 0 Å². The molecule has 2 fully saturated rings. The van der Waals surface area contributed by atoms with Crippen LogP contribution in [0.25, 0.3) is 0 Å². The minimum Gasteiger partial charge on any atom is -0.342 e. The number of carbonyl (C=O) groups is 2. The Labute approximate surface area is 123 Å². The van der Waals surface area contributed by atoms with E-state index in [1.54, 1.807) is 14.0 Å². The predicted molar refractivity (Wildman–Crippen MR) is 74.4 cm³/mol. The van der Waals surface area contributed by atoms with Crippen molar-refractivity contribution in [2.24, 2.45) is 0 Å². The van der Waals surface area contributed by atoms with E-state index in [4.69, 9.17) is 9.47 Å². The highest BCUT2D eigenvalue weighted by Crippen LogP contribution is 2.34. The number of amides is 3. The van der Waals surface area contributed by atoms with Crippen molar-refractivity contribution < 1.29 is 19.1 Å². The molecule has 3 amide bonds. The van der Waals surface area contributed by atoms with Crippen molar-refractivity contribution in [1.82, 2.24) is 9.80 Å². The van der Waals surface area contributed by atoms with Gasteiger partial charge < -0.3 is 14.4 Å². The molecule has 1 unspecified atom stereocenters. The molecule has 6 heteroatoms. The molecule has 0 aromatic heterocycles. The second-order valence-electron chi connectivity index (χ2n) is 5.31. The van der Waals surface area contributed by atoms with E-state index in [9.17, 15) is 9.59 Å². The minimum absolute atomic E-state index is 0.0728. The average molecular weight is 290 g/mol. The van der Waals surface area contributed by atoms with Crippen molar-refractivity contribution in [3.63, 3.8) is 0 Å². The molecule has 112 valence electrons. The molecule has 0 N–H and O–H groups in total. The van der Waals surface area contributed by atoms with E-state index >= 15 is 0 Å². The topological polar surface area (TPSA) is 59.1 Å². The molecule has 2 saturated heterocycles. The van der Waals surface area contributed by atoms with E-state index in [0.29, 0.717) is 13.2 Å². The van der Waals surface area contributed by atoms with Gasteiger partial charge in [0.15, 0.2) is 0 Å². The van der Waals surface area contributed by atoms with Gasteiger partial charge >= 0.3 is 6.03 Å². The largest absolute Gasteiger partial charge is 0.342 e. The molecule has 1 atom stereocenters. The summed E-state index contributed by atoms with van der Waals surface area (Å²) in [5.74, 6) is -1.28. The zero-order valence-corrected chi connectivity index (χ0v) is 12.1. The van der Waals surface area contributed by atoms with Gasteiger partial charge in [-0.2, -0.15) is 0 Å². The number of rotatable bonds is 3. The lowest BCUT2D eigenvalue weighted by atomic mass is 10.1. The molecule has 1 aromatic rings. The molecular weight excluding hydrogens is 272 g/mol. The maximum atomic E-state index is 12.2. The third kappa shape index (κ3) is 2.20. The first-order valence-electron chi connectivity index (χ1n) is 6.97. The van der Waals surface area contributed by atoms with Gasteiger partial charge in [-0.25, -0.2) is 4.79 Å². The first-order valence-corrected chi connectivity index (χ1v) is 6.97. The van der Waals surface area contributed by atoms with Crippen molar-refractivity contribution in [2.75, 3.05) is 26.8 Å². The normalized spacial score (nSPS) is 25.0. The summed E-state index contributed by atoms with van der Waals surface area (Å²) in [5, 5.41) is 0. The van der Waals surface area contributed by atoms with E-state index in [2.05, 4.69) is 0 Å². The first kappa shape index (κ1) is 14.0. The maximum Gasteiger partial charge on any atom is 0.327 e. The summed E-state index contributed by atoms with van der Waals surface area (Å²) in [4.78, 5) is 27.1. The van der Waals surface area contributed by atoms with Gasteiger partial charge in [0, 0.05) is 12.6 Å². The van der Waals surface area contributed by atoms with Crippen LogP contribution in [-0.2, 0) is 20.1 Å².